The lowest BCUT2D eigenvalue weighted by molar-refractivity contribution is -0.137. The van der Waals surface area contributed by atoms with E-state index < -0.39 is 5.97 Å². The molecular weight excluding hydrogens is 795 g/mol. The molecule has 0 saturated carbocycles. The minimum absolute atomic E-state index is 0.108. The molecule has 0 spiro atoms. The van der Waals surface area contributed by atoms with Crippen molar-refractivity contribution in [1.82, 2.24) is 20.5 Å². The lowest BCUT2D eigenvalue weighted by Gasteiger charge is -2.45. The molecule has 63 heavy (non-hydrogen) atoms. The summed E-state index contributed by atoms with van der Waals surface area (Å²) < 4.78 is 22.7. The van der Waals surface area contributed by atoms with Gasteiger partial charge in [-0.05, 0) is 117 Å². The van der Waals surface area contributed by atoms with Crippen LogP contribution in [0.1, 0.15) is 125 Å². The average molecular weight is 872 g/mol. The number of carbonyl (C=O) groups is 2. The van der Waals surface area contributed by atoms with Crippen LogP contribution in [0.3, 0.4) is 0 Å². The van der Waals surface area contributed by atoms with Crippen molar-refractivity contribution in [2.24, 2.45) is 11.8 Å². The van der Waals surface area contributed by atoms with E-state index in [0.717, 1.165) is 107 Å². The van der Waals surface area contributed by atoms with E-state index in [1.54, 1.807) is 0 Å². The van der Waals surface area contributed by atoms with Crippen LogP contribution in [0.4, 0.5) is 5.69 Å². The van der Waals surface area contributed by atoms with E-state index in [2.05, 4.69) is 65.8 Å². The summed E-state index contributed by atoms with van der Waals surface area (Å²) in [6, 6.07) is 20.1. The number of hydrogen-bond donors (Lipinski definition) is 4. The maximum absolute atomic E-state index is 13.5. The molecule has 2 heterocycles. The Balaban J connectivity index is 1.14. The number of hydrogen-bond acceptors (Lipinski definition) is 10. The fourth-order valence-electron chi connectivity index (χ4n) is 8.16. The van der Waals surface area contributed by atoms with Gasteiger partial charge in [-0.15, -0.1) is 0 Å². The Morgan fingerprint density at radius 3 is 2.05 bits per heavy atom. The molecule has 1 aromatic heterocycles. The molecule has 1 saturated heterocycles. The largest absolute Gasteiger partial charge is 0.494 e. The van der Waals surface area contributed by atoms with Gasteiger partial charge in [0.15, 0.2) is 0 Å². The Morgan fingerprint density at radius 1 is 0.810 bits per heavy atom. The number of carboxylic acids is 1. The van der Waals surface area contributed by atoms with Crippen molar-refractivity contribution in [1.29, 1.82) is 0 Å². The highest BCUT2D eigenvalue weighted by atomic mass is 16.5. The van der Waals surface area contributed by atoms with Crippen LogP contribution in [0.15, 0.2) is 85.3 Å². The smallest absolute Gasteiger partial charge is 0.303 e. The number of nitrogens with zero attached hydrogens (tertiary/aromatic N) is 2. The zero-order valence-electron chi connectivity index (χ0n) is 38.7. The van der Waals surface area contributed by atoms with E-state index in [9.17, 15) is 9.59 Å². The Kier molecular flexibility index (Phi) is 23.6. The van der Waals surface area contributed by atoms with Gasteiger partial charge in [0.2, 0.25) is 0 Å². The molecule has 12 nitrogen and oxygen atoms in total. The number of carbonyl (C=O) groups excluding carboxylic acids is 1. The zero-order valence-corrected chi connectivity index (χ0v) is 38.7. The highest BCUT2D eigenvalue weighted by molar-refractivity contribution is 5.95. The van der Waals surface area contributed by atoms with E-state index in [1.807, 2.05) is 60.9 Å². The highest BCUT2D eigenvalue weighted by Crippen LogP contribution is 2.37. The predicted molar refractivity (Wildman–Crippen MR) is 252 cm³/mol. The first-order chi connectivity index (χ1) is 30.6. The molecule has 3 unspecified atom stereocenters. The molecule has 1 aliphatic heterocycles. The molecule has 348 valence electrons. The summed E-state index contributed by atoms with van der Waals surface area (Å²) in [5.74, 6) is 0.926. The number of aromatic nitrogens is 1. The third-order valence-corrected chi connectivity index (χ3v) is 12.3. The second kappa shape index (κ2) is 29.1. The summed E-state index contributed by atoms with van der Waals surface area (Å²) in [6.45, 7) is 18.1. The Bertz CT molecular complexity index is 1740. The van der Waals surface area contributed by atoms with Crippen molar-refractivity contribution in [2.45, 2.75) is 116 Å². The molecule has 3 atom stereocenters. The number of anilines is 1. The molecule has 0 aliphatic carbocycles. The highest BCUT2D eigenvalue weighted by Gasteiger charge is 2.39. The number of carboxylic acid groups (broad SMARTS) is 1. The normalized spacial score (nSPS) is 15.2. The molecular formula is C51H77N5O7. The lowest BCUT2D eigenvalue weighted by Crippen LogP contribution is -2.53. The predicted octanol–water partition coefficient (Wildman–Crippen LogP) is 9.44. The molecule has 4 N–H and O–H groups in total. The Morgan fingerprint density at radius 2 is 1.43 bits per heavy atom. The van der Waals surface area contributed by atoms with E-state index in [4.69, 9.17) is 30.6 Å². The van der Waals surface area contributed by atoms with Gasteiger partial charge in [-0.1, -0.05) is 71.2 Å². The second-order valence-corrected chi connectivity index (χ2v) is 17.1. The molecule has 12 heteroatoms. The Hall–Kier alpha value is -4.49. The topological polar surface area (TPSA) is 144 Å². The minimum Gasteiger partial charge on any atom is -0.494 e. The molecule has 2 aromatic carbocycles. The summed E-state index contributed by atoms with van der Waals surface area (Å²) >= 11 is 0. The van der Waals surface area contributed by atoms with Crippen LogP contribution in [0.5, 0.6) is 5.75 Å². The van der Waals surface area contributed by atoms with Gasteiger partial charge in [0.25, 0.3) is 5.91 Å². The summed E-state index contributed by atoms with van der Waals surface area (Å²) in [5.41, 5.74) is 4.35. The fraction of sp³-hybridized carbons (Fsp3) is 0.588. The van der Waals surface area contributed by atoms with Gasteiger partial charge < -0.3 is 44.9 Å². The van der Waals surface area contributed by atoms with Crippen molar-refractivity contribution in [2.75, 3.05) is 71.7 Å². The summed E-state index contributed by atoms with van der Waals surface area (Å²) in [4.78, 5) is 30.6. The van der Waals surface area contributed by atoms with Crippen molar-refractivity contribution >= 4 is 17.6 Å². The fourth-order valence-corrected chi connectivity index (χ4v) is 8.16. The molecule has 3 aromatic rings. The van der Waals surface area contributed by atoms with Crippen molar-refractivity contribution in [3.8, 4) is 5.75 Å². The first-order valence-electron chi connectivity index (χ1n) is 23.5. The van der Waals surface area contributed by atoms with Crippen LogP contribution >= 0.6 is 0 Å². The maximum Gasteiger partial charge on any atom is 0.303 e. The number of unbranched alkanes of at least 4 members (excludes halogenated alkanes) is 5. The van der Waals surface area contributed by atoms with Gasteiger partial charge in [0.1, 0.15) is 5.75 Å². The first-order valence-corrected chi connectivity index (χ1v) is 23.5. The molecule has 1 aliphatic rings. The number of benzene rings is 2. The number of aliphatic carboxylic acids is 1. The third kappa shape index (κ3) is 18.6. The van der Waals surface area contributed by atoms with Crippen LogP contribution < -0.4 is 20.7 Å². The van der Waals surface area contributed by atoms with Crippen molar-refractivity contribution in [3.63, 3.8) is 0 Å². The number of pyridine rings is 1. The Labute approximate surface area is 377 Å². The number of rotatable bonds is 33. The summed E-state index contributed by atoms with van der Waals surface area (Å²) in [5, 5.41) is 19.6. The minimum atomic E-state index is -0.744. The lowest BCUT2D eigenvalue weighted by atomic mass is 9.78. The van der Waals surface area contributed by atoms with Crippen molar-refractivity contribution < 1.29 is 33.6 Å². The summed E-state index contributed by atoms with van der Waals surface area (Å²) in [6.07, 6.45) is 14.5. The van der Waals surface area contributed by atoms with Crippen LogP contribution in [0.2, 0.25) is 0 Å². The quantitative estimate of drug-likeness (QED) is 0.0435. The number of piperidine rings is 1. The number of likely N-dealkylation sites (tertiary alicyclic amines) is 1. The van der Waals surface area contributed by atoms with E-state index in [0.29, 0.717) is 70.0 Å². The molecule has 0 bridgehead atoms. The molecule has 1 amide bonds. The SMILES string of the molecule is C=C(NC(c1ccncc1)C(CC)C(C)CC)C1(Nc2cccc(C(=O)NCc3ccc(OCCCCCCOCCOCCOCCCCCC(=O)O)cc3)c2)CCN(C)CC1. The second-order valence-electron chi connectivity index (χ2n) is 17.1. The van der Waals surface area contributed by atoms with Gasteiger partial charge in [-0.25, -0.2) is 0 Å². The zero-order chi connectivity index (χ0) is 45.1. The maximum atomic E-state index is 13.5. The number of nitrogens with one attached hydrogen (secondary N) is 3. The van der Waals surface area contributed by atoms with Crippen LogP contribution in [0, 0.1) is 11.8 Å². The van der Waals surface area contributed by atoms with E-state index in [1.165, 1.54) is 5.56 Å². The molecule has 0 radical (unpaired) electrons. The average Bonchev–Trinajstić information content (AvgIpc) is 3.30. The monoisotopic (exact) mass is 872 g/mol. The van der Waals surface area contributed by atoms with Crippen LogP contribution in [-0.4, -0.2) is 98.8 Å². The van der Waals surface area contributed by atoms with Crippen LogP contribution in [-0.2, 0) is 25.5 Å². The van der Waals surface area contributed by atoms with Gasteiger partial charge in [0.05, 0.1) is 44.6 Å². The van der Waals surface area contributed by atoms with Gasteiger partial charge in [0, 0.05) is 68.6 Å². The molecule has 1 fully saturated rings. The van der Waals surface area contributed by atoms with Gasteiger partial charge >= 0.3 is 5.97 Å². The first kappa shape index (κ1) is 51.1. The van der Waals surface area contributed by atoms with Gasteiger partial charge in [-0.3, -0.25) is 14.6 Å². The van der Waals surface area contributed by atoms with Crippen molar-refractivity contribution in [3.05, 3.63) is 102 Å². The molecule has 4 rings (SSSR count). The third-order valence-electron chi connectivity index (χ3n) is 12.3. The standard InChI is InChI=1S/C51H77N5O7/c1-6-40(3)47(7-2)49(43-23-27-52-28-24-43)54-41(4)51(25-29-56(5)30-26-51)55-45-17-15-16-44(38-45)50(59)53-39-42-19-21-46(22-20-42)63-33-14-9-8-12-31-60-34-36-62-37-35-61-32-13-10-11-18-48(57)58/h15-17,19-24,27-28,38,40,47,49,54-55H,4,6-14,18,25-26,29-37,39H2,1-3,5H3,(H,53,59)(H,57,58). The number of amides is 1. The summed E-state index contributed by atoms with van der Waals surface area (Å²) in [7, 11) is 2.17. The van der Waals surface area contributed by atoms with Crippen LogP contribution in [0.25, 0.3) is 0 Å². The van der Waals surface area contributed by atoms with Gasteiger partial charge in [-0.2, -0.15) is 0 Å². The van der Waals surface area contributed by atoms with E-state index in [-0.39, 0.29) is 23.9 Å². The van der Waals surface area contributed by atoms with E-state index >= 15 is 0 Å². The number of ether oxygens (including phenoxy) is 4.